The SMILES string of the molecule is CC(=O)[C@H]1CC[C@H]2[C@@H]3CC=C4C[C@@H](OS(N)(=O)=O)CC[C@]4(C)[C@H]3CC[C@]12C. The number of fused-ring (bicyclic) bond motifs is 5. The maximum atomic E-state index is 12.2. The first-order chi connectivity index (χ1) is 12.5. The predicted molar refractivity (Wildman–Crippen MR) is 104 cm³/mol. The number of allylic oxidation sites excluding steroid dienone is 1. The van der Waals surface area contributed by atoms with E-state index >= 15 is 0 Å². The molecule has 0 radical (unpaired) electrons. The van der Waals surface area contributed by atoms with Crippen LogP contribution in [0.25, 0.3) is 0 Å². The molecule has 0 aromatic carbocycles. The molecule has 0 amide bonds. The number of rotatable bonds is 3. The molecule has 4 aliphatic carbocycles. The number of Topliss-reactive ketones (excluding diaryl/α,β-unsaturated/α-hetero) is 1. The fourth-order valence-electron chi connectivity index (χ4n) is 7.57. The molecular weight excluding hydrogens is 362 g/mol. The van der Waals surface area contributed by atoms with E-state index in [1.807, 2.05) is 0 Å². The van der Waals surface area contributed by atoms with E-state index in [0.29, 0.717) is 30.0 Å². The minimum atomic E-state index is -3.90. The Morgan fingerprint density at radius 2 is 1.89 bits per heavy atom. The molecule has 0 aromatic rings. The van der Waals surface area contributed by atoms with E-state index < -0.39 is 10.3 Å². The summed E-state index contributed by atoms with van der Waals surface area (Å²) in [7, 11) is -3.90. The van der Waals surface area contributed by atoms with Crippen LogP contribution in [0.2, 0.25) is 0 Å². The van der Waals surface area contributed by atoms with Gasteiger partial charge in [0.2, 0.25) is 0 Å². The highest BCUT2D eigenvalue weighted by Gasteiger charge is 2.59. The van der Waals surface area contributed by atoms with Crippen LogP contribution in [0.15, 0.2) is 11.6 Å². The summed E-state index contributed by atoms with van der Waals surface area (Å²) in [5.74, 6) is 2.53. The molecule has 0 aromatic heterocycles. The molecule has 0 spiro atoms. The van der Waals surface area contributed by atoms with Crippen LogP contribution in [0.1, 0.15) is 72.1 Å². The summed E-state index contributed by atoms with van der Waals surface area (Å²) in [5.41, 5.74) is 1.67. The highest BCUT2D eigenvalue weighted by molar-refractivity contribution is 7.84. The maximum absolute atomic E-state index is 12.2. The fraction of sp³-hybridized carbons (Fsp3) is 0.857. The van der Waals surface area contributed by atoms with Crippen molar-refractivity contribution in [1.29, 1.82) is 0 Å². The molecule has 5 nitrogen and oxygen atoms in total. The molecule has 0 unspecified atom stereocenters. The summed E-state index contributed by atoms with van der Waals surface area (Å²) < 4.78 is 27.8. The van der Waals surface area contributed by atoms with Crippen molar-refractivity contribution in [1.82, 2.24) is 0 Å². The molecule has 7 atom stereocenters. The van der Waals surface area contributed by atoms with Crippen molar-refractivity contribution in [2.45, 2.75) is 78.2 Å². The summed E-state index contributed by atoms with van der Waals surface area (Å²) in [5, 5.41) is 5.09. The van der Waals surface area contributed by atoms with Crippen LogP contribution < -0.4 is 5.14 Å². The fourth-order valence-corrected chi connectivity index (χ4v) is 8.11. The Morgan fingerprint density at radius 3 is 2.56 bits per heavy atom. The number of hydrogen-bond acceptors (Lipinski definition) is 4. The molecule has 0 heterocycles. The number of carbonyl (C=O) groups excluding carboxylic acids is 1. The van der Waals surface area contributed by atoms with E-state index in [0.717, 1.165) is 32.1 Å². The Morgan fingerprint density at radius 1 is 1.15 bits per heavy atom. The predicted octanol–water partition coefficient (Wildman–Crippen LogP) is 3.74. The highest BCUT2D eigenvalue weighted by Crippen LogP contribution is 2.66. The molecule has 4 rings (SSSR count). The van der Waals surface area contributed by atoms with Crippen LogP contribution in [0.3, 0.4) is 0 Å². The van der Waals surface area contributed by atoms with Gasteiger partial charge in [0, 0.05) is 5.92 Å². The van der Waals surface area contributed by atoms with Crippen LogP contribution in [-0.4, -0.2) is 20.3 Å². The summed E-state index contributed by atoms with van der Waals surface area (Å²) in [6.07, 6.45) is 10.0. The van der Waals surface area contributed by atoms with Gasteiger partial charge >= 0.3 is 10.3 Å². The molecular formula is C21H33NO4S. The minimum absolute atomic E-state index is 0.136. The molecule has 152 valence electrons. The van der Waals surface area contributed by atoms with Crippen molar-refractivity contribution < 1.29 is 17.4 Å². The third-order valence-corrected chi connectivity index (χ3v) is 9.36. The molecule has 27 heavy (non-hydrogen) atoms. The third kappa shape index (κ3) is 3.12. The van der Waals surface area contributed by atoms with Gasteiger partial charge in [-0.1, -0.05) is 25.5 Å². The molecule has 0 saturated heterocycles. The molecule has 0 aliphatic heterocycles. The van der Waals surface area contributed by atoms with Crippen molar-refractivity contribution in [3.63, 3.8) is 0 Å². The highest BCUT2D eigenvalue weighted by atomic mass is 32.2. The van der Waals surface area contributed by atoms with Crippen molar-refractivity contribution in [2.24, 2.45) is 39.6 Å². The number of hydrogen-bond donors (Lipinski definition) is 1. The average molecular weight is 396 g/mol. The Balaban J connectivity index is 1.58. The molecule has 3 fully saturated rings. The maximum Gasteiger partial charge on any atom is 0.333 e. The average Bonchev–Trinajstić information content (AvgIpc) is 2.91. The van der Waals surface area contributed by atoms with Gasteiger partial charge in [-0.25, -0.2) is 5.14 Å². The summed E-state index contributed by atoms with van der Waals surface area (Å²) >= 11 is 0. The van der Waals surface area contributed by atoms with Crippen LogP contribution in [0.5, 0.6) is 0 Å². The smallest absolute Gasteiger partial charge is 0.300 e. The van der Waals surface area contributed by atoms with Gasteiger partial charge in [0.15, 0.2) is 0 Å². The van der Waals surface area contributed by atoms with Gasteiger partial charge < -0.3 is 0 Å². The second kappa shape index (κ2) is 6.39. The topological polar surface area (TPSA) is 86.5 Å². The van der Waals surface area contributed by atoms with E-state index in [-0.39, 0.29) is 22.9 Å². The second-order valence-electron chi connectivity index (χ2n) is 10.00. The first kappa shape index (κ1) is 19.6. The van der Waals surface area contributed by atoms with Gasteiger partial charge in [-0.2, -0.15) is 8.42 Å². The number of ketones is 1. The Labute approximate surface area is 163 Å². The zero-order chi connectivity index (χ0) is 19.6. The zero-order valence-corrected chi connectivity index (χ0v) is 17.6. The van der Waals surface area contributed by atoms with E-state index in [9.17, 15) is 13.2 Å². The summed E-state index contributed by atoms with van der Waals surface area (Å²) in [4.78, 5) is 12.2. The van der Waals surface area contributed by atoms with Crippen molar-refractivity contribution in [3.8, 4) is 0 Å². The first-order valence-corrected chi connectivity index (χ1v) is 11.9. The normalized spacial score (nSPS) is 46.8. The van der Waals surface area contributed by atoms with Crippen molar-refractivity contribution in [3.05, 3.63) is 11.6 Å². The lowest BCUT2D eigenvalue weighted by Crippen LogP contribution is -2.51. The van der Waals surface area contributed by atoms with Gasteiger partial charge in [0.1, 0.15) is 5.78 Å². The quantitative estimate of drug-likeness (QED) is 0.738. The Hall–Kier alpha value is -0.720. The molecule has 4 aliphatic rings. The third-order valence-electron chi connectivity index (χ3n) is 8.82. The first-order valence-electron chi connectivity index (χ1n) is 10.5. The largest absolute Gasteiger partial charge is 0.333 e. The number of nitrogens with two attached hydrogens (primary N) is 1. The van der Waals surface area contributed by atoms with E-state index in [2.05, 4.69) is 19.9 Å². The van der Waals surface area contributed by atoms with Gasteiger partial charge in [-0.15, -0.1) is 0 Å². The zero-order valence-electron chi connectivity index (χ0n) is 16.7. The van der Waals surface area contributed by atoms with Gasteiger partial charge in [-0.3, -0.25) is 8.98 Å². The lowest BCUT2D eigenvalue weighted by atomic mass is 9.47. The second-order valence-corrected chi connectivity index (χ2v) is 11.2. The van der Waals surface area contributed by atoms with Crippen LogP contribution in [0.4, 0.5) is 0 Å². The van der Waals surface area contributed by atoms with Crippen LogP contribution in [0, 0.1) is 34.5 Å². The Kier molecular flexibility index (Phi) is 4.64. The minimum Gasteiger partial charge on any atom is -0.300 e. The van der Waals surface area contributed by atoms with E-state index in [1.54, 1.807) is 6.92 Å². The molecule has 3 saturated carbocycles. The monoisotopic (exact) mass is 395 g/mol. The Bertz CT molecular complexity index is 775. The van der Waals surface area contributed by atoms with Gasteiger partial charge in [0.05, 0.1) is 6.10 Å². The van der Waals surface area contributed by atoms with Crippen LogP contribution >= 0.6 is 0 Å². The summed E-state index contributed by atoms with van der Waals surface area (Å²) in [6, 6.07) is 0. The van der Waals surface area contributed by atoms with Gasteiger partial charge in [0.25, 0.3) is 0 Å². The van der Waals surface area contributed by atoms with Crippen molar-refractivity contribution >= 4 is 16.1 Å². The number of carbonyl (C=O) groups is 1. The molecule has 2 N–H and O–H groups in total. The molecule has 0 bridgehead atoms. The van der Waals surface area contributed by atoms with Crippen molar-refractivity contribution in [2.75, 3.05) is 0 Å². The summed E-state index contributed by atoms with van der Waals surface area (Å²) in [6.45, 7) is 6.52. The molecule has 6 heteroatoms. The van der Waals surface area contributed by atoms with Gasteiger partial charge in [-0.05, 0) is 86.9 Å². The van der Waals surface area contributed by atoms with E-state index in [1.165, 1.54) is 18.4 Å². The van der Waals surface area contributed by atoms with Crippen LogP contribution in [-0.2, 0) is 19.3 Å². The van der Waals surface area contributed by atoms with E-state index in [4.69, 9.17) is 9.32 Å². The lowest BCUT2D eigenvalue weighted by molar-refractivity contribution is -0.127. The lowest BCUT2D eigenvalue weighted by Gasteiger charge is -2.58. The standard InChI is InChI=1S/C21H33NO4S/c1-13(23)17-6-7-18-16-5-4-14-12-15(26-27(22,24)25)8-10-20(14,2)19(16)9-11-21(17,18)3/h4,15-19H,5-12H2,1-3H3,(H2,22,24,25)/t15-,16-,17+,18-,19-,20-,21+/m0/s1.